The van der Waals surface area contributed by atoms with E-state index in [1.165, 1.54) is 0 Å². The van der Waals surface area contributed by atoms with E-state index < -0.39 is 11.9 Å². The average molecular weight is 409 g/mol. The maximum Gasteiger partial charge on any atom is 0.312 e. The molecule has 0 aromatic heterocycles. The number of nitrogens with one attached hydrogen (secondary N) is 1. The maximum atomic E-state index is 12.7. The second-order valence-electron chi connectivity index (χ2n) is 6.42. The van der Waals surface area contributed by atoms with E-state index in [2.05, 4.69) is 21.2 Å². The highest BCUT2D eigenvalue weighted by atomic mass is 79.9. The lowest BCUT2D eigenvalue weighted by Gasteiger charge is -2.33. The van der Waals surface area contributed by atoms with E-state index in [4.69, 9.17) is 5.73 Å². The van der Waals surface area contributed by atoms with Crippen LogP contribution in [0.4, 0.5) is 10.5 Å². The van der Waals surface area contributed by atoms with Crippen molar-refractivity contribution in [2.75, 3.05) is 24.5 Å². The number of nitrogens with zero attached hydrogens (tertiary/aromatic N) is 2. The van der Waals surface area contributed by atoms with E-state index in [0.717, 1.165) is 10.2 Å². The second kappa shape index (κ2) is 7.43. The number of benzene rings is 1. The molecule has 4 amide bonds. The zero-order chi connectivity index (χ0) is 18.0. The van der Waals surface area contributed by atoms with Crippen LogP contribution in [0.25, 0.3) is 0 Å². The van der Waals surface area contributed by atoms with E-state index in [-0.39, 0.29) is 17.9 Å². The van der Waals surface area contributed by atoms with Gasteiger partial charge in [0.2, 0.25) is 11.8 Å². The van der Waals surface area contributed by atoms with Gasteiger partial charge in [0.05, 0.1) is 0 Å². The van der Waals surface area contributed by atoms with Crippen LogP contribution in [-0.4, -0.2) is 48.4 Å². The number of rotatable bonds is 3. The Hall–Kier alpha value is -2.09. The second-order valence-corrected chi connectivity index (χ2v) is 7.33. The molecular weight excluding hydrogens is 388 g/mol. The van der Waals surface area contributed by atoms with Crippen LogP contribution in [0.3, 0.4) is 0 Å². The van der Waals surface area contributed by atoms with Crippen molar-refractivity contribution in [3.8, 4) is 0 Å². The molecule has 0 bridgehead atoms. The van der Waals surface area contributed by atoms with Crippen molar-refractivity contribution in [2.24, 2.45) is 11.7 Å². The Labute approximate surface area is 154 Å². The molecule has 0 radical (unpaired) electrons. The molecule has 1 unspecified atom stereocenters. The molecule has 2 saturated heterocycles. The number of amides is 4. The number of primary amides is 1. The van der Waals surface area contributed by atoms with Crippen LogP contribution in [-0.2, 0) is 9.59 Å². The first-order chi connectivity index (χ1) is 12.0. The minimum Gasteiger partial charge on any atom is -0.352 e. The molecule has 0 spiro atoms. The molecule has 3 N–H and O–H groups in total. The number of likely N-dealkylation sites (tertiary alicyclic amines) is 1. The summed E-state index contributed by atoms with van der Waals surface area (Å²) in [6.45, 7) is 1.61. The standard InChI is InChI=1S/C17H21BrN4O3/c18-11-2-1-3-13(10-11)22-9-6-14(16(22)24)15(23)21-7-4-12(5-8-21)20-17(19)25/h1-3,10,12,14H,4-9H2,(H3,19,20,25). The molecule has 1 aromatic rings. The Bertz CT molecular complexity index is 688. The molecule has 0 saturated carbocycles. The lowest BCUT2D eigenvalue weighted by atomic mass is 10.0. The molecule has 1 atom stereocenters. The summed E-state index contributed by atoms with van der Waals surface area (Å²) in [5, 5.41) is 2.67. The van der Waals surface area contributed by atoms with Gasteiger partial charge in [-0.25, -0.2) is 4.79 Å². The van der Waals surface area contributed by atoms with Crippen LogP contribution in [0.1, 0.15) is 19.3 Å². The molecule has 2 fully saturated rings. The quantitative estimate of drug-likeness (QED) is 0.740. The highest BCUT2D eigenvalue weighted by Crippen LogP contribution is 2.29. The van der Waals surface area contributed by atoms with Crippen molar-refractivity contribution < 1.29 is 14.4 Å². The van der Waals surface area contributed by atoms with Crippen molar-refractivity contribution in [2.45, 2.75) is 25.3 Å². The summed E-state index contributed by atoms with van der Waals surface area (Å²) < 4.78 is 0.900. The first-order valence-electron chi connectivity index (χ1n) is 8.37. The molecule has 3 rings (SSSR count). The number of carbonyl (C=O) groups excluding carboxylic acids is 3. The molecule has 1 aromatic carbocycles. The lowest BCUT2D eigenvalue weighted by Crippen LogP contribution is -2.50. The number of halogens is 1. The minimum atomic E-state index is -0.611. The third-order valence-corrected chi connectivity index (χ3v) is 5.27. The first-order valence-corrected chi connectivity index (χ1v) is 9.16. The van der Waals surface area contributed by atoms with E-state index in [1.54, 1.807) is 9.80 Å². The molecule has 0 aliphatic carbocycles. The third-order valence-electron chi connectivity index (χ3n) is 4.78. The summed E-state index contributed by atoms with van der Waals surface area (Å²) in [6.07, 6.45) is 1.85. The van der Waals surface area contributed by atoms with Crippen LogP contribution < -0.4 is 16.0 Å². The molecule has 2 heterocycles. The van der Waals surface area contributed by atoms with E-state index in [1.807, 2.05) is 24.3 Å². The summed E-state index contributed by atoms with van der Waals surface area (Å²) in [4.78, 5) is 39.8. The van der Waals surface area contributed by atoms with Crippen molar-refractivity contribution in [1.82, 2.24) is 10.2 Å². The molecule has 2 aliphatic rings. The fourth-order valence-electron chi connectivity index (χ4n) is 3.48. The lowest BCUT2D eigenvalue weighted by molar-refractivity contribution is -0.140. The summed E-state index contributed by atoms with van der Waals surface area (Å²) in [5.74, 6) is -0.861. The van der Waals surface area contributed by atoms with Gasteiger partial charge in [0.1, 0.15) is 5.92 Å². The fraction of sp³-hybridized carbons (Fsp3) is 0.471. The number of piperidine rings is 1. The first kappa shape index (κ1) is 17.7. The topological polar surface area (TPSA) is 95.7 Å². The summed E-state index contributed by atoms with van der Waals surface area (Å²) in [5.41, 5.74) is 5.94. The van der Waals surface area contributed by atoms with Crippen LogP contribution in [0.15, 0.2) is 28.7 Å². The van der Waals surface area contributed by atoms with Crippen LogP contribution in [0, 0.1) is 5.92 Å². The number of urea groups is 1. The van der Waals surface area contributed by atoms with E-state index in [9.17, 15) is 14.4 Å². The SMILES string of the molecule is NC(=O)NC1CCN(C(=O)C2CCN(c3cccc(Br)c3)C2=O)CC1. The number of carbonyl (C=O) groups is 3. The average Bonchev–Trinajstić information content (AvgIpc) is 2.96. The van der Waals surface area contributed by atoms with Gasteiger partial charge in [0.15, 0.2) is 0 Å². The zero-order valence-corrected chi connectivity index (χ0v) is 15.4. The van der Waals surface area contributed by atoms with Gasteiger partial charge in [-0.3, -0.25) is 9.59 Å². The van der Waals surface area contributed by atoms with Crippen molar-refractivity contribution in [1.29, 1.82) is 0 Å². The normalized spacial score (nSPS) is 21.5. The Kier molecular flexibility index (Phi) is 5.27. The Balaban J connectivity index is 1.60. The molecule has 25 heavy (non-hydrogen) atoms. The number of hydrogen-bond acceptors (Lipinski definition) is 3. The van der Waals surface area contributed by atoms with E-state index in [0.29, 0.717) is 38.9 Å². The summed E-state index contributed by atoms with van der Waals surface area (Å²) in [7, 11) is 0. The number of anilines is 1. The molecule has 134 valence electrons. The van der Waals surface area contributed by atoms with Gasteiger partial charge in [-0.1, -0.05) is 22.0 Å². The molecule has 7 nitrogen and oxygen atoms in total. The fourth-order valence-corrected chi connectivity index (χ4v) is 3.86. The summed E-state index contributed by atoms with van der Waals surface area (Å²) in [6, 6.07) is 6.98. The monoisotopic (exact) mass is 408 g/mol. The highest BCUT2D eigenvalue weighted by Gasteiger charge is 2.40. The highest BCUT2D eigenvalue weighted by molar-refractivity contribution is 9.10. The van der Waals surface area contributed by atoms with Crippen molar-refractivity contribution in [3.05, 3.63) is 28.7 Å². The van der Waals surface area contributed by atoms with Gasteiger partial charge in [-0.05, 0) is 37.5 Å². The predicted octanol–water partition coefficient (Wildman–Crippen LogP) is 1.46. The van der Waals surface area contributed by atoms with Crippen molar-refractivity contribution >= 4 is 39.5 Å². The number of hydrogen-bond donors (Lipinski definition) is 2. The van der Waals surface area contributed by atoms with Gasteiger partial charge in [-0.2, -0.15) is 0 Å². The van der Waals surface area contributed by atoms with Gasteiger partial charge in [0.25, 0.3) is 0 Å². The minimum absolute atomic E-state index is 0.000929. The molecule has 8 heteroatoms. The van der Waals surface area contributed by atoms with E-state index >= 15 is 0 Å². The zero-order valence-electron chi connectivity index (χ0n) is 13.8. The maximum absolute atomic E-state index is 12.7. The number of nitrogens with two attached hydrogens (primary N) is 1. The van der Waals surface area contributed by atoms with Gasteiger partial charge in [0, 0.05) is 35.8 Å². The summed E-state index contributed by atoms with van der Waals surface area (Å²) >= 11 is 3.41. The Morgan fingerprint density at radius 1 is 1.16 bits per heavy atom. The van der Waals surface area contributed by atoms with Gasteiger partial charge < -0.3 is 20.9 Å². The van der Waals surface area contributed by atoms with Crippen LogP contribution in [0.2, 0.25) is 0 Å². The van der Waals surface area contributed by atoms with Crippen molar-refractivity contribution in [3.63, 3.8) is 0 Å². The van der Waals surface area contributed by atoms with Crippen LogP contribution in [0.5, 0.6) is 0 Å². The molecule has 2 aliphatic heterocycles. The Morgan fingerprint density at radius 3 is 2.52 bits per heavy atom. The predicted molar refractivity (Wildman–Crippen MR) is 96.9 cm³/mol. The van der Waals surface area contributed by atoms with Gasteiger partial charge in [-0.15, -0.1) is 0 Å². The molecular formula is C17H21BrN4O3. The Morgan fingerprint density at radius 2 is 1.88 bits per heavy atom. The van der Waals surface area contributed by atoms with Crippen LogP contribution >= 0.6 is 15.9 Å². The smallest absolute Gasteiger partial charge is 0.312 e. The largest absolute Gasteiger partial charge is 0.352 e. The third kappa shape index (κ3) is 3.95. The van der Waals surface area contributed by atoms with Gasteiger partial charge >= 0.3 is 6.03 Å².